The van der Waals surface area contributed by atoms with Crippen molar-refractivity contribution in [2.24, 2.45) is 0 Å². The molecule has 0 spiro atoms. The van der Waals surface area contributed by atoms with Crippen LogP contribution in [-0.2, 0) is 4.79 Å². The second-order valence-electron chi connectivity index (χ2n) is 5.58. The molecule has 9 heteroatoms. The van der Waals surface area contributed by atoms with Gasteiger partial charge in [-0.15, -0.1) is 0 Å². The molecule has 1 atom stereocenters. The maximum absolute atomic E-state index is 12.4. The van der Waals surface area contributed by atoms with Gasteiger partial charge in [-0.3, -0.25) is 4.79 Å². The smallest absolute Gasteiger partial charge is 0.391 e. The second-order valence-corrected chi connectivity index (χ2v) is 5.58. The van der Waals surface area contributed by atoms with E-state index in [-0.39, 0.29) is 5.56 Å². The van der Waals surface area contributed by atoms with E-state index in [1.54, 1.807) is 19.1 Å². The van der Waals surface area contributed by atoms with Crippen molar-refractivity contribution in [1.82, 2.24) is 15.1 Å². The van der Waals surface area contributed by atoms with Crippen LogP contribution in [0.15, 0.2) is 30.5 Å². The zero-order chi connectivity index (χ0) is 18.8. The molecular weight excluding hydrogens is 339 g/mol. The third-order valence-corrected chi connectivity index (χ3v) is 3.54. The Hall–Kier alpha value is -2.84. The Bertz CT molecular complexity index is 799. The minimum Gasteiger partial charge on any atom is -0.480 e. The third kappa shape index (κ3) is 4.59. The molecule has 25 heavy (non-hydrogen) atoms. The predicted octanol–water partition coefficient (Wildman–Crippen LogP) is 2.62. The number of alkyl halides is 3. The van der Waals surface area contributed by atoms with Crippen molar-refractivity contribution in [3.63, 3.8) is 0 Å². The molecule has 1 aromatic heterocycles. The lowest BCUT2D eigenvalue weighted by Crippen LogP contribution is -2.43. The summed E-state index contributed by atoms with van der Waals surface area (Å²) >= 11 is 0. The van der Waals surface area contributed by atoms with E-state index < -0.39 is 30.5 Å². The van der Waals surface area contributed by atoms with Crippen LogP contribution in [0.1, 0.15) is 28.0 Å². The highest BCUT2D eigenvalue weighted by Gasteiger charge is 2.36. The van der Waals surface area contributed by atoms with E-state index in [0.29, 0.717) is 11.4 Å². The number of nitrogens with zero attached hydrogens (tertiary/aromatic N) is 2. The topological polar surface area (TPSA) is 84.2 Å². The highest BCUT2D eigenvalue weighted by molar-refractivity contribution is 5.97. The number of aliphatic carboxylic acids is 1. The summed E-state index contributed by atoms with van der Waals surface area (Å²) in [5.74, 6) is -2.68. The van der Waals surface area contributed by atoms with E-state index in [4.69, 9.17) is 5.11 Å². The number of carboxylic acids is 1. The lowest BCUT2D eigenvalue weighted by molar-refractivity contribution is -0.157. The Balaban J connectivity index is 2.24. The number of amides is 1. The summed E-state index contributed by atoms with van der Waals surface area (Å²) in [6, 6.07) is 5.21. The third-order valence-electron chi connectivity index (χ3n) is 3.54. The molecule has 0 saturated carbocycles. The van der Waals surface area contributed by atoms with Gasteiger partial charge in [0.2, 0.25) is 0 Å². The Labute approximate surface area is 141 Å². The van der Waals surface area contributed by atoms with Crippen LogP contribution in [0.25, 0.3) is 5.69 Å². The van der Waals surface area contributed by atoms with Gasteiger partial charge in [0.05, 0.1) is 29.6 Å². The number of rotatable bonds is 5. The molecule has 1 unspecified atom stereocenters. The van der Waals surface area contributed by atoms with Crippen LogP contribution in [0.2, 0.25) is 0 Å². The number of aryl methyl sites for hydroxylation is 1. The van der Waals surface area contributed by atoms with Gasteiger partial charge in [-0.1, -0.05) is 12.1 Å². The Morgan fingerprint density at radius 2 is 2.00 bits per heavy atom. The number of hydrogen-bond acceptors (Lipinski definition) is 3. The standard InChI is InChI=1S/C16H16F3N3O3/c1-9-4-3-5-11(6-9)22-10(2)12(8-20-22)14(23)21-13(15(24)25)7-16(17,18)19/h3-6,8,13H,7H2,1-2H3,(H,21,23)(H,24,25). The molecule has 134 valence electrons. The summed E-state index contributed by atoms with van der Waals surface area (Å²) in [5, 5.41) is 14.8. The minimum absolute atomic E-state index is 0.00920. The summed E-state index contributed by atoms with van der Waals surface area (Å²) in [6.07, 6.45) is -5.17. The molecule has 1 heterocycles. The fourth-order valence-corrected chi connectivity index (χ4v) is 2.32. The summed E-state index contributed by atoms with van der Waals surface area (Å²) in [7, 11) is 0. The summed E-state index contributed by atoms with van der Waals surface area (Å²) < 4.78 is 38.8. The zero-order valence-electron chi connectivity index (χ0n) is 13.5. The van der Waals surface area contributed by atoms with Crippen LogP contribution >= 0.6 is 0 Å². The average Bonchev–Trinajstić information content (AvgIpc) is 2.86. The Morgan fingerprint density at radius 3 is 2.56 bits per heavy atom. The molecule has 2 N–H and O–H groups in total. The number of hydrogen-bond donors (Lipinski definition) is 2. The van der Waals surface area contributed by atoms with Gasteiger partial charge < -0.3 is 10.4 Å². The van der Waals surface area contributed by atoms with Gasteiger partial charge in [0.15, 0.2) is 0 Å². The number of halogens is 3. The van der Waals surface area contributed by atoms with Gasteiger partial charge in [0, 0.05) is 0 Å². The average molecular weight is 355 g/mol. The Kier molecular flexibility index (Phi) is 5.15. The number of carboxylic acid groups (broad SMARTS) is 1. The SMILES string of the molecule is Cc1cccc(-n2ncc(C(=O)NC(CC(F)(F)F)C(=O)O)c2C)c1. The van der Waals surface area contributed by atoms with Crippen LogP contribution in [0.4, 0.5) is 13.2 Å². The van der Waals surface area contributed by atoms with E-state index >= 15 is 0 Å². The molecule has 0 aliphatic rings. The first kappa shape index (κ1) is 18.5. The highest BCUT2D eigenvalue weighted by Crippen LogP contribution is 2.22. The van der Waals surface area contributed by atoms with E-state index in [2.05, 4.69) is 5.10 Å². The van der Waals surface area contributed by atoms with Crippen molar-refractivity contribution in [1.29, 1.82) is 0 Å². The molecule has 0 fully saturated rings. The van der Waals surface area contributed by atoms with Crippen molar-refractivity contribution in [3.05, 3.63) is 47.3 Å². The van der Waals surface area contributed by atoms with E-state index in [9.17, 15) is 22.8 Å². The van der Waals surface area contributed by atoms with Crippen LogP contribution < -0.4 is 5.32 Å². The van der Waals surface area contributed by atoms with Crippen LogP contribution in [0.3, 0.4) is 0 Å². The van der Waals surface area contributed by atoms with Crippen molar-refractivity contribution in [3.8, 4) is 5.69 Å². The second kappa shape index (κ2) is 6.96. The minimum atomic E-state index is -4.71. The molecule has 2 rings (SSSR count). The number of nitrogens with one attached hydrogen (secondary N) is 1. The van der Waals surface area contributed by atoms with E-state index in [1.807, 2.05) is 24.4 Å². The number of carbonyl (C=O) groups excluding carboxylic acids is 1. The summed E-state index contributed by atoms with van der Waals surface area (Å²) in [6.45, 7) is 3.45. The van der Waals surface area contributed by atoms with Crippen LogP contribution in [-0.4, -0.2) is 39.0 Å². The zero-order valence-corrected chi connectivity index (χ0v) is 13.5. The molecule has 0 aliphatic carbocycles. The molecule has 6 nitrogen and oxygen atoms in total. The first-order chi connectivity index (χ1) is 11.6. The van der Waals surface area contributed by atoms with Crippen LogP contribution in [0.5, 0.6) is 0 Å². The largest absolute Gasteiger partial charge is 0.480 e. The van der Waals surface area contributed by atoms with Gasteiger partial charge in [-0.25, -0.2) is 9.48 Å². The van der Waals surface area contributed by atoms with Crippen molar-refractivity contribution in [2.75, 3.05) is 0 Å². The van der Waals surface area contributed by atoms with Crippen molar-refractivity contribution in [2.45, 2.75) is 32.5 Å². The van der Waals surface area contributed by atoms with Gasteiger partial charge in [-0.05, 0) is 31.5 Å². The Morgan fingerprint density at radius 1 is 1.32 bits per heavy atom. The summed E-state index contributed by atoms with van der Waals surface area (Å²) in [5.41, 5.74) is 2.05. The lowest BCUT2D eigenvalue weighted by atomic mass is 10.1. The number of aromatic nitrogens is 2. The molecule has 1 amide bonds. The van der Waals surface area contributed by atoms with Gasteiger partial charge in [0.25, 0.3) is 5.91 Å². The molecule has 0 radical (unpaired) electrons. The normalized spacial score (nSPS) is 12.7. The molecular formula is C16H16F3N3O3. The fourth-order valence-electron chi connectivity index (χ4n) is 2.32. The molecule has 0 aliphatic heterocycles. The molecule has 0 bridgehead atoms. The van der Waals surface area contributed by atoms with Gasteiger partial charge in [-0.2, -0.15) is 18.3 Å². The maximum atomic E-state index is 12.4. The van der Waals surface area contributed by atoms with E-state index in [0.717, 1.165) is 5.56 Å². The van der Waals surface area contributed by atoms with Crippen molar-refractivity contribution < 1.29 is 27.9 Å². The van der Waals surface area contributed by atoms with Crippen LogP contribution in [0, 0.1) is 13.8 Å². The van der Waals surface area contributed by atoms with Gasteiger partial charge >= 0.3 is 12.1 Å². The van der Waals surface area contributed by atoms with Crippen molar-refractivity contribution >= 4 is 11.9 Å². The number of carbonyl (C=O) groups is 2. The maximum Gasteiger partial charge on any atom is 0.391 e. The lowest BCUT2D eigenvalue weighted by Gasteiger charge is -2.16. The predicted molar refractivity (Wildman–Crippen MR) is 82.6 cm³/mol. The molecule has 2 aromatic rings. The summed E-state index contributed by atoms with van der Waals surface area (Å²) in [4.78, 5) is 23.1. The van der Waals surface area contributed by atoms with Gasteiger partial charge in [0.1, 0.15) is 6.04 Å². The first-order valence-corrected chi connectivity index (χ1v) is 7.30. The quantitative estimate of drug-likeness (QED) is 0.864. The fraction of sp³-hybridized carbons (Fsp3) is 0.312. The highest BCUT2D eigenvalue weighted by atomic mass is 19.4. The number of benzene rings is 1. The monoisotopic (exact) mass is 355 g/mol. The first-order valence-electron chi connectivity index (χ1n) is 7.30. The molecule has 0 saturated heterocycles. The van der Waals surface area contributed by atoms with E-state index in [1.165, 1.54) is 10.9 Å². The molecule has 1 aromatic carbocycles.